The summed E-state index contributed by atoms with van der Waals surface area (Å²) in [4.78, 5) is 26.0. The van der Waals surface area contributed by atoms with Crippen LogP contribution in [-0.2, 0) is 19.5 Å². The Kier molecular flexibility index (Phi) is 4.04. The zero-order chi connectivity index (χ0) is 15.6. The minimum absolute atomic E-state index is 0.0757. The monoisotopic (exact) mass is 312 g/mol. The van der Waals surface area contributed by atoms with E-state index in [-0.39, 0.29) is 5.56 Å². The van der Waals surface area contributed by atoms with Crippen molar-refractivity contribution in [2.45, 2.75) is 57.5 Å². The van der Waals surface area contributed by atoms with E-state index >= 15 is 0 Å². The Balaban J connectivity index is 1.54. The van der Waals surface area contributed by atoms with Crippen molar-refractivity contribution in [2.75, 3.05) is 6.54 Å². The minimum atomic E-state index is 0.0757. The van der Waals surface area contributed by atoms with Gasteiger partial charge < -0.3 is 9.97 Å². The van der Waals surface area contributed by atoms with Crippen LogP contribution in [0.5, 0.6) is 0 Å². The summed E-state index contributed by atoms with van der Waals surface area (Å²) in [7, 11) is 0. The molecule has 1 aliphatic heterocycles. The number of hydrogen-bond acceptors (Lipinski definition) is 3. The zero-order valence-corrected chi connectivity index (χ0v) is 13.5. The summed E-state index contributed by atoms with van der Waals surface area (Å²) < 4.78 is 0. The summed E-state index contributed by atoms with van der Waals surface area (Å²) in [5.74, 6) is 1.39. The smallest absolute Gasteiger partial charge is 0.255 e. The van der Waals surface area contributed by atoms with E-state index < -0.39 is 0 Å². The largest absolute Gasteiger partial charge is 0.364 e. The lowest BCUT2D eigenvalue weighted by Gasteiger charge is -2.28. The van der Waals surface area contributed by atoms with Crippen molar-refractivity contribution in [1.29, 1.82) is 0 Å². The van der Waals surface area contributed by atoms with Crippen LogP contribution in [0.4, 0.5) is 0 Å². The Labute approximate surface area is 136 Å². The highest BCUT2D eigenvalue weighted by Gasteiger charge is 2.24. The van der Waals surface area contributed by atoms with Crippen LogP contribution in [0.25, 0.3) is 0 Å². The zero-order valence-electron chi connectivity index (χ0n) is 13.5. The van der Waals surface area contributed by atoms with Crippen LogP contribution in [0.15, 0.2) is 23.1 Å². The van der Waals surface area contributed by atoms with Gasteiger partial charge in [0.25, 0.3) is 5.56 Å². The fourth-order valence-electron chi connectivity index (χ4n) is 3.91. The third kappa shape index (κ3) is 3.11. The molecule has 1 aliphatic carbocycles. The summed E-state index contributed by atoms with van der Waals surface area (Å²) in [6, 6.07) is 4.10. The lowest BCUT2D eigenvalue weighted by Crippen LogP contribution is -2.36. The molecule has 0 atom stereocenters. The molecule has 23 heavy (non-hydrogen) atoms. The first-order valence-electron chi connectivity index (χ1n) is 8.76. The summed E-state index contributed by atoms with van der Waals surface area (Å²) in [5, 5.41) is 0. The highest BCUT2D eigenvalue weighted by atomic mass is 16.1. The lowest BCUT2D eigenvalue weighted by molar-refractivity contribution is 0.238. The van der Waals surface area contributed by atoms with E-state index in [9.17, 15) is 4.79 Å². The Morgan fingerprint density at radius 2 is 2.13 bits per heavy atom. The molecule has 2 N–H and O–H groups in total. The number of hydrogen-bond donors (Lipinski definition) is 2. The van der Waals surface area contributed by atoms with Crippen LogP contribution in [0.1, 0.15) is 60.8 Å². The van der Waals surface area contributed by atoms with E-state index in [2.05, 4.69) is 20.9 Å². The van der Waals surface area contributed by atoms with Gasteiger partial charge in [-0.1, -0.05) is 19.3 Å². The van der Waals surface area contributed by atoms with Gasteiger partial charge in [-0.3, -0.25) is 9.69 Å². The van der Waals surface area contributed by atoms with Gasteiger partial charge in [0.1, 0.15) is 5.82 Å². The second-order valence-corrected chi connectivity index (χ2v) is 6.87. The van der Waals surface area contributed by atoms with Gasteiger partial charge in [0.15, 0.2) is 0 Å². The Morgan fingerprint density at radius 3 is 2.91 bits per heavy atom. The molecule has 0 unspecified atom stereocenters. The van der Waals surface area contributed by atoms with Crippen LogP contribution in [-0.4, -0.2) is 26.4 Å². The van der Waals surface area contributed by atoms with Crippen molar-refractivity contribution in [3.05, 3.63) is 51.5 Å². The van der Waals surface area contributed by atoms with Gasteiger partial charge in [0, 0.05) is 43.9 Å². The Morgan fingerprint density at radius 1 is 1.26 bits per heavy atom. The van der Waals surface area contributed by atoms with Gasteiger partial charge in [0.05, 0.1) is 11.3 Å². The molecule has 3 heterocycles. The Bertz CT molecular complexity index is 713. The highest BCUT2D eigenvalue weighted by molar-refractivity contribution is 5.22. The van der Waals surface area contributed by atoms with Gasteiger partial charge in [-0.05, 0) is 25.0 Å². The summed E-state index contributed by atoms with van der Waals surface area (Å²) in [5.41, 5.74) is 3.16. The van der Waals surface area contributed by atoms with Gasteiger partial charge >= 0.3 is 0 Å². The minimum Gasteiger partial charge on any atom is -0.364 e. The highest BCUT2D eigenvalue weighted by Crippen LogP contribution is 2.30. The lowest BCUT2D eigenvalue weighted by atomic mass is 9.88. The fourth-order valence-corrected chi connectivity index (χ4v) is 3.91. The van der Waals surface area contributed by atoms with Gasteiger partial charge in [-0.15, -0.1) is 0 Å². The number of H-pyrrole nitrogens is 2. The molecule has 0 saturated heterocycles. The SMILES string of the molecule is O=c1[nH]c(C2CCCCC2)nc2c1CN(Cc1ccc[nH]1)CC2. The first kappa shape index (κ1) is 14.7. The number of aromatic nitrogens is 3. The molecule has 5 heteroatoms. The molecule has 2 aromatic heterocycles. The molecule has 0 aromatic carbocycles. The van der Waals surface area contributed by atoms with E-state index in [0.29, 0.717) is 12.5 Å². The van der Waals surface area contributed by atoms with Gasteiger partial charge in [-0.25, -0.2) is 4.98 Å². The number of rotatable bonds is 3. The summed E-state index contributed by atoms with van der Waals surface area (Å²) in [6.07, 6.45) is 8.99. The van der Waals surface area contributed by atoms with Crippen molar-refractivity contribution in [3.63, 3.8) is 0 Å². The predicted molar refractivity (Wildman–Crippen MR) is 89.3 cm³/mol. The predicted octanol–water partition coefficient (Wildman–Crippen LogP) is 2.70. The van der Waals surface area contributed by atoms with E-state index in [4.69, 9.17) is 4.98 Å². The quantitative estimate of drug-likeness (QED) is 0.916. The Hall–Kier alpha value is -1.88. The molecule has 0 spiro atoms. The van der Waals surface area contributed by atoms with Crippen molar-refractivity contribution in [2.24, 2.45) is 0 Å². The average molecular weight is 312 g/mol. The third-order valence-electron chi connectivity index (χ3n) is 5.21. The first-order valence-corrected chi connectivity index (χ1v) is 8.76. The average Bonchev–Trinajstić information content (AvgIpc) is 3.09. The standard InChI is InChI=1S/C18H24N4O/c23-18-15-12-22(11-14-7-4-9-19-14)10-8-16(15)20-17(21-18)13-5-2-1-3-6-13/h4,7,9,13,19H,1-3,5-6,8,10-12H2,(H,20,21,23). The molecule has 1 saturated carbocycles. The molecule has 122 valence electrons. The van der Waals surface area contributed by atoms with E-state index in [1.807, 2.05) is 12.3 Å². The van der Waals surface area contributed by atoms with Gasteiger partial charge in [-0.2, -0.15) is 0 Å². The molecule has 2 aromatic rings. The van der Waals surface area contributed by atoms with Crippen LogP contribution in [0.2, 0.25) is 0 Å². The molecule has 0 radical (unpaired) electrons. The van der Waals surface area contributed by atoms with E-state index in [0.717, 1.165) is 36.6 Å². The normalized spacial score (nSPS) is 19.7. The molecule has 1 fully saturated rings. The number of nitrogens with zero attached hydrogens (tertiary/aromatic N) is 2. The number of fused-ring (bicyclic) bond motifs is 1. The van der Waals surface area contributed by atoms with Crippen LogP contribution in [0, 0.1) is 0 Å². The van der Waals surface area contributed by atoms with Crippen molar-refractivity contribution in [3.8, 4) is 0 Å². The van der Waals surface area contributed by atoms with Crippen molar-refractivity contribution < 1.29 is 0 Å². The maximum absolute atomic E-state index is 12.5. The van der Waals surface area contributed by atoms with Crippen molar-refractivity contribution >= 4 is 0 Å². The van der Waals surface area contributed by atoms with E-state index in [1.54, 1.807) is 0 Å². The number of nitrogens with one attached hydrogen (secondary N) is 2. The molecule has 5 nitrogen and oxygen atoms in total. The molecule has 0 bridgehead atoms. The summed E-state index contributed by atoms with van der Waals surface area (Å²) >= 11 is 0. The van der Waals surface area contributed by atoms with Crippen LogP contribution >= 0.6 is 0 Å². The molecule has 2 aliphatic rings. The fraction of sp³-hybridized carbons (Fsp3) is 0.556. The van der Waals surface area contributed by atoms with Crippen molar-refractivity contribution in [1.82, 2.24) is 19.9 Å². The van der Waals surface area contributed by atoms with Crippen LogP contribution < -0.4 is 5.56 Å². The third-order valence-corrected chi connectivity index (χ3v) is 5.21. The molecule has 0 amide bonds. The summed E-state index contributed by atoms with van der Waals surface area (Å²) in [6.45, 7) is 2.52. The second-order valence-electron chi connectivity index (χ2n) is 6.87. The maximum Gasteiger partial charge on any atom is 0.255 e. The van der Waals surface area contributed by atoms with Crippen LogP contribution in [0.3, 0.4) is 0 Å². The molecular weight excluding hydrogens is 288 g/mol. The van der Waals surface area contributed by atoms with Gasteiger partial charge in [0.2, 0.25) is 0 Å². The van der Waals surface area contributed by atoms with E-state index in [1.165, 1.54) is 37.8 Å². The molecule has 4 rings (SSSR count). The number of aromatic amines is 2. The maximum atomic E-state index is 12.5. The first-order chi connectivity index (χ1) is 11.3. The second kappa shape index (κ2) is 6.32. The topological polar surface area (TPSA) is 64.8 Å². The molecular formula is C18H24N4O.